The lowest BCUT2D eigenvalue weighted by Gasteiger charge is -2.05. The highest BCUT2D eigenvalue weighted by molar-refractivity contribution is 6.39. The van der Waals surface area contributed by atoms with Crippen LogP contribution >= 0.6 is 23.2 Å². The van der Waals surface area contributed by atoms with Crippen LogP contribution < -0.4 is 5.32 Å². The highest BCUT2D eigenvalue weighted by atomic mass is 35.5. The third-order valence-corrected chi connectivity index (χ3v) is 3.76. The van der Waals surface area contributed by atoms with Crippen molar-refractivity contribution in [2.24, 2.45) is 0 Å². The van der Waals surface area contributed by atoms with Gasteiger partial charge in [0, 0.05) is 17.7 Å². The van der Waals surface area contributed by atoms with E-state index in [0.29, 0.717) is 10.0 Å². The van der Waals surface area contributed by atoms with Crippen molar-refractivity contribution in [2.75, 3.05) is 11.9 Å². The van der Waals surface area contributed by atoms with Crippen LogP contribution in [0, 0.1) is 0 Å². The topological polar surface area (TPSA) is 38.1 Å². The smallest absolute Gasteiger partial charge is 0.228 e. The molecule has 1 aromatic heterocycles. The first kappa shape index (κ1) is 11.9. The second kappa shape index (κ2) is 4.82. The van der Waals surface area contributed by atoms with Gasteiger partial charge >= 0.3 is 0 Å². The van der Waals surface area contributed by atoms with E-state index in [2.05, 4.69) is 10.5 Å². The highest BCUT2D eigenvalue weighted by Crippen LogP contribution is 2.39. The molecule has 2 heterocycles. The summed E-state index contributed by atoms with van der Waals surface area (Å²) >= 11 is 12.4. The summed E-state index contributed by atoms with van der Waals surface area (Å²) in [5.74, 6) is 0.749. The minimum atomic E-state index is 0.600. The summed E-state index contributed by atoms with van der Waals surface area (Å²) in [7, 11) is 0. The molecular formula is C13H12Cl2N2O. The molecule has 0 amide bonds. The molecule has 0 fully saturated rings. The number of benzene rings is 1. The van der Waals surface area contributed by atoms with E-state index in [9.17, 15) is 0 Å². The van der Waals surface area contributed by atoms with Gasteiger partial charge in [-0.25, -0.2) is 0 Å². The van der Waals surface area contributed by atoms with E-state index in [0.717, 1.165) is 48.5 Å². The Labute approximate surface area is 115 Å². The summed E-state index contributed by atoms with van der Waals surface area (Å²) in [4.78, 5) is 0. The fourth-order valence-electron chi connectivity index (χ4n) is 2.23. The van der Waals surface area contributed by atoms with Crippen LogP contribution in [0.2, 0.25) is 10.0 Å². The van der Waals surface area contributed by atoms with Crippen LogP contribution in [0.25, 0.3) is 11.3 Å². The number of hydrogen-bond acceptors (Lipinski definition) is 3. The molecule has 1 aliphatic heterocycles. The largest absolute Gasteiger partial charge is 0.354 e. The first-order valence-corrected chi connectivity index (χ1v) is 6.70. The van der Waals surface area contributed by atoms with E-state index in [1.807, 2.05) is 18.2 Å². The van der Waals surface area contributed by atoms with Gasteiger partial charge in [-0.3, -0.25) is 0 Å². The molecule has 0 spiro atoms. The molecule has 5 heteroatoms. The third-order valence-electron chi connectivity index (χ3n) is 3.13. The standard InChI is InChI=1S/C13H12Cl2N2O/c14-9-5-3-6-10(15)11(9)12-8-4-1-2-7-16-13(8)18-17-12/h3,5-6,16H,1-2,4,7H2. The Bertz CT molecular complexity index is 560. The van der Waals surface area contributed by atoms with Crippen LogP contribution in [0.15, 0.2) is 22.7 Å². The summed E-state index contributed by atoms with van der Waals surface area (Å²) in [6.45, 7) is 0.915. The number of anilines is 1. The summed E-state index contributed by atoms with van der Waals surface area (Å²) in [6, 6.07) is 5.45. The number of nitrogens with one attached hydrogen (secondary N) is 1. The number of halogens is 2. The Kier molecular flexibility index (Phi) is 3.18. The average molecular weight is 283 g/mol. The van der Waals surface area contributed by atoms with Gasteiger partial charge in [0.05, 0.1) is 10.0 Å². The fraction of sp³-hybridized carbons (Fsp3) is 0.308. The molecule has 3 nitrogen and oxygen atoms in total. The molecular weight excluding hydrogens is 271 g/mol. The van der Waals surface area contributed by atoms with Gasteiger partial charge in [0.15, 0.2) is 0 Å². The Morgan fingerprint density at radius 3 is 2.72 bits per heavy atom. The SMILES string of the molecule is Clc1cccc(Cl)c1-c1noc2c1CCCCN2. The number of hydrogen-bond donors (Lipinski definition) is 1. The molecule has 0 atom stereocenters. The van der Waals surface area contributed by atoms with Crippen LogP contribution in [0.5, 0.6) is 0 Å². The van der Waals surface area contributed by atoms with Gasteiger partial charge in [-0.2, -0.15) is 0 Å². The van der Waals surface area contributed by atoms with Crippen LogP contribution in [0.4, 0.5) is 5.88 Å². The van der Waals surface area contributed by atoms with Crippen LogP contribution in [-0.2, 0) is 6.42 Å². The number of nitrogens with zero attached hydrogens (tertiary/aromatic N) is 1. The van der Waals surface area contributed by atoms with E-state index in [-0.39, 0.29) is 0 Å². The molecule has 1 N–H and O–H groups in total. The summed E-state index contributed by atoms with van der Waals surface area (Å²) in [6.07, 6.45) is 3.17. The molecule has 3 rings (SSSR count). The predicted octanol–water partition coefficient (Wildman–Crippen LogP) is 4.40. The van der Waals surface area contributed by atoms with Gasteiger partial charge in [0.1, 0.15) is 5.69 Å². The third kappa shape index (κ3) is 1.98. The summed E-state index contributed by atoms with van der Waals surface area (Å²) in [5, 5.41) is 8.56. The maximum atomic E-state index is 6.22. The molecule has 18 heavy (non-hydrogen) atoms. The Morgan fingerprint density at radius 1 is 1.17 bits per heavy atom. The van der Waals surface area contributed by atoms with Crippen molar-refractivity contribution in [2.45, 2.75) is 19.3 Å². The predicted molar refractivity (Wildman–Crippen MR) is 73.4 cm³/mol. The van der Waals surface area contributed by atoms with Crippen molar-refractivity contribution in [3.05, 3.63) is 33.8 Å². The fourth-order valence-corrected chi connectivity index (χ4v) is 2.81. The van der Waals surface area contributed by atoms with E-state index in [1.54, 1.807) is 0 Å². The quantitative estimate of drug-likeness (QED) is 0.843. The Hall–Kier alpha value is -1.19. The second-order valence-electron chi connectivity index (χ2n) is 4.32. The molecule has 0 unspecified atom stereocenters. The van der Waals surface area contributed by atoms with Crippen LogP contribution in [0.3, 0.4) is 0 Å². The lowest BCUT2D eigenvalue weighted by atomic mass is 10.0. The number of rotatable bonds is 1. The molecule has 0 saturated heterocycles. The first-order valence-electron chi connectivity index (χ1n) is 5.94. The monoisotopic (exact) mass is 282 g/mol. The lowest BCUT2D eigenvalue weighted by Crippen LogP contribution is -1.97. The highest BCUT2D eigenvalue weighted by Gasteiger charge is 2.22. The van der Waals surface area contributed by atoms with E-state index in [4.69, 9.17) is 27.7 Å². The maximum absolute atomic E-state index is 6.22. The van der Waals surface area contributed by atoms with Crippen LogP contribution in [-0.4, -0.2) is 11.7 Å². The Balaban J connectivity index is 2.15. The van der Waals surface area contributed by atoms with Gasteiger partial charge in [-0.1, -0.05) is 34.4 Å². The van der Waals surface area contributed by atoms with Gasteiger partial charge in [-0.15, -0.1) is 0 Å². The maximum Gasteiger partial charge on any atom is 0.228 e. The number of aromatic nitrogens is 1. The van der Waals surface area contributed by atoms with Crippen LogP contribution in [0.1, 0.15) is 18.4 Å². The van der Waals surface area contributed by atoms with Crippen molar-refractivity contribution in [3.63, 3.8) is 0 Å². The zero-order valence-electron chi connectivity index (χ0n) is 9.67. The van der Waals surface area contributed by atoms with Crippen molar-refractivity contribution in [1.29, 1.82) is 0 Å². The van der Waals surface area contributed by atoms with Gasteiger partial charge in [0.25, 0.3) is 0 Å². The zero-order chi connectivity index (χ0) is 12.5. The molecule has 94 valence electrons. The summed E-state index contributed by atoms with van der Waals surface area (Å²) < 4.78 is 5.35. The minimum absolute atomic E-state index is 0.600. The van der Waals surface area contributed by atoms with E-state index in [1.165, 1.54) is 0 Å². The molecule has 2 aromatic rings. The second-order valence-corrected chi connectivity index (χ2v) is 5.13. The molecule has 0 radical (unpaired) electrons. The molecule has 0 bridgehead atoms. The van der Waals surface area contributed by atoms with Crippen molar-refractivity contribution in [1.82, 2.24) is 5.16 Å². The van der Waals surface area contributed by atoms with Crippen molar-refractivity contribution in [3.8, 4) is 11.3 Å². The average Bonchev–Trinajstić information content (AvgIpc) is 2.59. The van der Waals surface area contributed by atoms with Gasteiger partial charge in [-0.05, 0) is 31.4 Å². The van der Waals surface area contributed by atoms with Crippen molar-refractivity contribution >= 4 is 29.1 Å². The molecule has 0 saturated carbocycles. The number of fused-ring (bicyclic) bond motifs is 1. The normalized spacial score (nSPS) is 14.8. The molecule has 1 aliphatic rings. The summed E-state index contributed by atoms with van der Waals surface area (Å²) in [5.41, 5.74) is 2.59. The molecule has 1 aromatic carbocycles. The minimum Gasteiger partial charge on any atom is -0.354 e. The Morgan fingerprint density at radius 2 is 1.94 bits per heavy atom. The zero-order valence-corrected chi connectivity index (χ0v) is 11.2. The first-order chi connectivity index (χ1) is 8.77. The lowest BCUT2D eigenvalue weighted by molar-refractivity contribution is 0.434. The van der Waals surface area contributed by atoms with E-state index >= 15 is 0 Å². The molecule has 0 aliphatic carbocycles. The van der Waals surface area contributed by atoms with Gasteiger partial charge < -0.3 is 9.84 Å². The van der Waals surface area contributed by atoms with E-state index < -0.39 is 0 Å². The van der Waals surface area contributed by atoms with Gasteiger partial charge in [0.2, 0.25) is 5.88 Å². The van der Waals surface area contributed by atoms with Crippen molar-refractivity contribution < 1.29 is 4.52 Å².